The summed E-state index contributed by atoms with van der Waals surface area (Å²) in [6.07, 6.45) is 0.238. The zero-order chi connectivity index (χ0) is 12.7. The van der Waals surface area contributed by atoms with Gasteiger partial charge in [0.15, 0.2) is 9.84 Å². The Morgan fingerprint density at radius 2 is 1.94 bits per heavy atom. The topological polar surface area (TPSA) is 80.4 Å². The fourth-order valence-electron chi connectivity index (χ4n) is 4.54. The standard InChI is InChI=1S/C13H15NO3S/c14-12-8-6-9-10(11(8)15)13(9,12)18(16,17)7-4-2-1-3-5-7/h1-5,8-12,15H,6,14H2/t8-,9+,10+,11+,12-,13-/m1/s1. The largest absolute Gasteiger partial charge is 0.392 e. The minimum absolute atomic E-state index is 0.0292. The van der Waals surface area contributed by atoms with Crippen molar-refractivity contribution in [1.29, 1.82) is 0 Å². The number of benzene rings is 1. The van der Waals surface area contributed by atoms with Crippen LogP contribution in [-0.4, -0.2) is 30.4 Å². The lowest BCUT2D eigenvalue weighted by molar-refractivity contribution is 0.131. The molecule has 96 valence electrons. The Balaban J connectivity index is 1.87. The summed E-state index contributed by atoms with van der Waals surface area (Å²) in [6.45, 7) is 0. The maximum Gasteiger partial charge on any atom is 0.186 e. The lowest BCUT2D eigenvalue weighted by atomic mass is 10.1. The summed E-state index contributed by atoms with van der Waals surface area (Å²) in [5.74, 6) is -0.0982. The van der Waals surface area contributed by atoms with Gasteiger partial charge in [-0.3, -0.25) is 0 Å². The number of sulfone groups is 1. The SMILES string of the molecule is N[C@@H]1[C@@H]2C[C@H]3[C@@H]([C@H]2O)[C@@]13S(=O)(=O)c1ccccc1. The molecule has 5 heteroatoms. The van der Waals surface area contributed by atoms with Crippen LogP contribution in [0.2, 0.25) is 0 Å². The molecule has 1 aromatic rings. The van der Waals surface area contributed by atoms with Crippen molar-refractivity contribution >= 4 is 9.84 Å². The average Bonchev–Trinajstić information content (AvgIpc) is 2.69. The number of rotatable bonds is 2. The summed E-state index contributed by atoms with van der Waals surface area (Å²) in [6, 6.07) is 8.07. The highest BCUT2D eigenvalue weighted by atomic mass is 32.2. The molecule has 4 fully saturated rings. The van der Waals surface area contributed by atoms with Crippen molar-refractivity contribution in [3.63, 3.8) is 0 Å². The first-order valence-electron chi connectivity index (χ1n) is 6.26. The first-order chi connectivity index (χ1) is 8.53. The third kappa shape index (κ3) is 0.888. The van der Waals surface area contributed by atoms with Gasteiger partial charge in [-0.2, -0.15) is 0 Å². The van der Waals surface area contributed by atoms with Crippen LogP contribution < -0.4 is 5.73 Å². The molecule has 0 radical (unpaired) electrons. The number of hydrogen-bond donors (Lipinski definition) is 2. The highest BCUT2D eigenvalue weighted by Crippen LogP contribution is 2.76. The van der Waals surface area contributed by atoms with Crippen molar-refractivity contribution in [2.24, 2.45) is 23.5 Å². The molecule has 0 saturated heterocycles. The van der Waals surface area contributed by atoms with Gasteiger partial charge < -0.3 is 10.8 Å². The number of hydrogen-bond acceptors (Lipinski definition) is 4. The summed E-state index contributed by atoms with van der Waals surface area (Å²) in [4.78, 5) is 0.336. The molecule has 3 N–H and O–H groups in total. The zero-order valence-electron chi connectivity index (χ0n) is 9.73. The second kappa shape index (κ2) is 2.98. The summed E-state index contributed by atoms with van der Waals surface area (Å²) in [7, 11) is -3.44. The molecule has 18 heavy (non-hydrogen) atoms. The second-order valence-corrected chi connectivity index (χ2v) is 7.90. The third-order valence-corrected chi connectivity index (χ3v) is 7.93. The van der Waals surface area contributed by atoms with Crippen LogP contribution >= 0.6 is 0 Å². The monoisotopic (exact) mass is 265 g/mol. The van der Waals surface area contributed by atoms with E-state index in [9.17, 15) is 13.5 Å². The van der Waals surface area contributed by atoms with Gasteiger partial charge >= 0.3 is 0 Å². The van der Waals surface area contributed by atoms with E-state index in [1.165, 1.54) is 0 Å². The predicted molar refractivity (Wildman–Crippen MR) is 65.4 cm³/mol. The molecule has 4 aliphatic carbocycles. The number of nitrogens with two attached hydrogens (primary N) is 1. The lowest BCUT2D eigenvalue weighted by Crippen LogP contribution is -2.42. The first kappa shape index (κ1) is 11.0. The maximum atomic E-state index is 12.8. The van der Waals surface area contributed by atoms with E-state index in [0.29, 0.717) is 4.90 Å². The molecule has 0 aromatic heterocycles. The van der Waals surface area contributed by atoms with Crippen LogP contribution in [0.5, 0.6) is 0 Å². The molecule has 0 heterocycles. The summed E-state index contributed by atoms with van der Waals surface area (Å²) < 4.78 is 24.7. The van der Waals surface area contributed by atoms with E-state index in [2.05, 4.69) is 0 Å². The normalized spacial score (nSPS) is 48.4. The molecule has 4 aliphatic rings. The Morgan fingerprint density at radius 1 is 1.28 bits per heavy atom. The van der Waals surface area contributed by atoms with Gasteiger partial charge in [0.05, 0.1) is 11.0 Å². The van der Waals surface area contributed by atoms with Crippen molar-refractivity contribution in [3.05, 3.63) is 30.3 Å². The molecule has 1 aromatic carbocycles. The van der Waals surface area contributed by atoms with Gasteiger partial charge in [-0.1, -0.05) is 18.2 Å². The molecular weight excluding hydrogens is 250 g/mol. The van der Waals surface area contributed by atoms with Crippen molar-refractivity contribution in [2.45, 2.75) is 28.2 Å². The summed E-state index contributed by atoms with van der Waals surface area (Å²) >= 11 is 0. The van der Waals surface area contributed by atoms with Gasteiger partial charge in [-0.25, -0.2) is 8.42 Å². The Hall–Kier alpha value is -0.910. The number of aliphatic hydroxyl groups is 1. The minimum Gasteiger partial charge on any atom is -0.392 e. The van der Waals surface area contributed by atoms with Gasteiger partial charge in [0.2, 0.25) is 0 Å². The fourth-order valence-corrected chi connectivity index (χ4v) is 7.24. The van der Waals surface area contributed by atoms with Crippen LogP contribution in [0, 0.1) is 17.8 Å². The third-order valence-electron chi connectivity index (χ3n) is 5.26. The van der Waals surface area contributed by atoms with Gasteiger partial charge in [-0.15, -0.1) is 0 Å². The van der Waals surface area contributed by atoms with Crippen LogP contribution in [-0.2, 0) is 9.84 Å². The second-order valence-electron chi connectivity index (χ2n) is 5.72. The summed E-state index contributed by atoms with van der Waals surface area (Å²) in [5.41, 5.74) is 6.11. The molecule has 0 unspecified atom stereocenters. The Kier molecular flexibility index (Phi) is 1.81. The smallest absolute Gasteiger partial charge is 0.186 e. The number of aliphatic hydroxyl groups excluding tert-OH is 1. The first-order valence-corrected chi connectivity index (χ1v) is 7.74. The van der Waals surface area contributed by atoms with E-state index in [0.717, 1.165) is 6.42 Å². The molecule has 4 bridgehead atoms. The molecular formula is C13H15NO3S. The summed E-state index contributed by atoms with van der Waals surface area (Å²) in [5, 5.41) is 10.1. The molecule has 5 rings (SSSR count). The van der Waals surface area contributed by atoms with E-state index in [4.69, 9.17) is 5.73 Å². The van der Waals surface area contributed by atoms with Gasteiger partial charge in [0.25, 0.3) is 0 Å². The highest BCUT2D eigenvalue weighted by Gasteiger charge is 2.88. The highest BCUT2D eigenvalue weighted by molar-refractivity contribution is 7.93. The molecule has 4 saturated carbocycles. The van der Waals surface area contributed by atoms with E-state index < -0.39 is 26.7 Å². The molecule has 0 amide bonds. The van der Waals surface area contributed by atoms with Crippen molar-refractivity contribution in [3.8, 4) is 0 Å². The zero-order valence-corrected chi connectivity index (χ0v) is 10.5. The average molecular weight is 265 g/mol. The molecule has 6 atom stereocenters. The van der Waals surface area contributed by atoms with Gasteiger partial charge in [-0.05, 0) is 24.5 Å². The van der Waals surface area contributed by atoms with Crippen LogP contribution in [0.25, 0.3) is 0 Å². The van der Waals surface area contributed by atoms with Crippen molar-refractivity contribution < 1.29 is 13.5 Å². The molecule has 0 aliphatic heterocycles. The quantitative estimate of drug-likeness (QED) is 0.798. The van der Waals surface area contributed by atoms with E-state index in [-0.39, 0.29) is 17.8 Å². The van der Waals surface area contributed by atoms with Crippen LogP contribution in [0.3, 0.4) is 0 Å². The van der Waals surface area contributed by atoms with Gasteiger partial charge in [0.1, 0.15) is 4.75 Å². The van der Waals surface area contributed by atoms with Crippen LogP contribution in [0.4, 0.5) is 0 Å². The van der Waals surface area contributed by atoms with Crippen LogP contribution in [0.15, 0.2) is 35.2 Å². The lowest BCUT2D eigenvalue weighted by Gasteiger charge is -2.19. The molecule has 4 nitrogen and oxygen atoms in total. The predicted octanol–water partition coefficient (Wildman–Crippen LogP) is 0.167. The van der Waals surface area contributed by atoms with Crippen molar-refractivity contribution in [2.75, 3.05) is 0 Å². The van der Waals surface area contributed by atoms with E-state index in [1.54, 1.807) is 30.3 Å². The Labute approximate surface area is 106 Å². The Bertz CT molecular complexity index is 610. The van der Waals surface area contributed by atoms with E-state index in [1.807, 2.05) is 0 Å². The van der Waals surface area contributed by atoms with Gasteiger partial charge in [0, 0.05) is 17.9 Å². The Morgan fingerprint density at radius 3 is 2.39 bits per heavy atom. The fraction of sp³-hybridized carbons (Fsp3) is 0.538. The van der Waals surface area contributed by atoms with Crippen LogP contribution in [0.1, 0.15) is 6.42 Å². The maximum absolute atomic E-state index is 12.8. The minimum atomic E-state index is -3.44. The van der Waals surface area contributed by atoms with E-state index >= 15 is 0 Å². The van der Waals surface area contributed by atoms with Crippen molar-refractivity contribution in [1.82, 2.24) is 0 Å². The molecule has 0 spiro atoms.